The van der Waals surface area contributed by atoms with Gasteiger partial charge in [0.05, 0.1) is 19.2 Å². The lowest BCUT2D eigenvalue weighted by Crippen LogP contribution is -2.35. The number of likely N-dealkylation sites (N-methyl/N-ethyl adjacent to an activating group) is 1. The van der Waals surface area contributed by atoms with Crippen molar-refractivity contribution < 1.29 is 14.3 Å². The number of benzene rings is 2. The quantitative estimate of drug-likeness (QED) is 0.753. The molecular formula is C20H24N2O3S. The summed E-state index contributed by atoms with van der Waals surface area (Å²) in [4.78, 5) is 27.4. The van der Waals surface area contributed by atoms with Crippen molar-refractivity contribution in [1.29, 1.82) is 0 Å². The van der Waals surface area contributed by atoms with Crippen LogP contribution < -0.4 is 10.1 Å². The van der Waals surface area contributed by atoms with Gasteiger partial charge in [-0.1, -0.05) is 25.1 Å². The van der Waals surface area contributed by atoms with Gasteiger partial charge in [-0.2, -0.15) is 0 Å². The minimum absolute atomic E-state index is 0.0374. The number of rotatable bonds is 7. The molecule has 0 saturated heterocycles. The van der Waals surface area contributed by atoms with E-state index in [-0.39, 0.29) is 18.4 Å². The number of amides is 2. The number of aryl methyl sites for hydroxylation is 1. The van der Waals surface area contributed by atoms with Crippen LogP contribution in [-0.4, -0.2) is 43.7 Å². The van der Waals surface area contributed by atoms with Crippen LogP contribution in [0.5, 0.6) is 5.75 Å². The number of carbonyl (C=O) groups is 2. The molecule has 0 atom stereocenters. The van der Waals surface area contributed by atoms with E-state index in [2.05, 4.69) is 5.32 Å². The van der Waals surface area contributed by atoms with Gasteiger partial charge >= 0.3 is 0 Å². The maximum Gasteiger partial charge on any atom is 0.257 e. The molecule has 2 amide bonds. The number of ether oxygens (including phenoxy) is 1. The Labute approximate surface area is 158 Å². The van der Waals surface area contributed by atoms with Gasteiger partial charge in [0, 0.05) is 17.6 Å². The van der Waals surface area contributed by atoms with Crippen LogP contribution in [0.1, 0.15) is 22.8 Å². The molecule has 0 aliphatic heterocycles. The predicted molar refractivity (Wildman–Crippen MR) is 106 cm³/mol. The minimum Gasteiger partial charge on any atom is -0.496 e. The first-order valence-electron chi connectivity index (χ1n) is 8.35. The van der Waals surface area contributed by atoms with Gasteiger partial charge < -0.3 is 15.0 Å². The number of hydrogen-bond acceptors (Lipinski definition) is 4. The van der Waals surface area contributed by atoms with Gasteiger partial charge in [-0.05, 0) is 42.5 Å². The van der Waals surface area contributed by atoms with Crippen LogP contribution >= 0.6 is 11.8 Å². The molecule has 0 aliphatic rings. The Hall–Kier alpha value is -2.47. The molecule has 6 heteroatoms. The van der Waals surface area contributed by atoms with E-state index < -0.39 is 0 Å². The first-order chi connectivity index (χ1) is 12.5. The molecule has 0 aromatic heterocycles. The van der Waals surface area contributed by atoms with Gasteiger partial charge in [-0.15, -0.1) is 11.8 Å². The van der Waals surface area contributed by atoms with Crippen molar-refractivity contribution in [3.8, 4) is 5.75 Å². The summed E-state index contributed by atoms with van der Waals surface area (Å²) >= 11 is 1.57. The van der Waals surface area contributed by atoms with E-state index in [9.17, 15) is 9.59 Å². The third-order valence-electron chi connectivity index (χ3n) is 4.04. The molecule has 2 aromatic carbocycles. The summed E-state index contributed by atoms with van der Waals surface area (Å²) in [5.41, 5.74) is 2.28. The fourth-order valence-corrected chi connectivity index (χ4v) is 3.04. The molecule has 0 radical (unpaired) electrons. The van der Waals surface area contributed by atoms with Crippen LogP contribution in [0, 0.1) is 0 Å². The van der Waals surface area contributed by atoms with Crippen molar-refractivity contribution in [2.75, 3.05) is 32.3 Å². The number of hydrogen-bond donors (Lipinski definition) is 1. The largest absolute Gasteiger partial charge is 0.496 e. The molecule has 0 bridgehead atoms. The monoisotopic (exact) mass is 372 g/mol. The number of para-hydroxylation sites is 1. The lowest BCUT2D eigenvalue weighted by molar-refractivity contribution is -0.116. The third-order valence-corrected chi connectivity index (χ3v) is 4.76. The second-order valence-corrected chi connectivity index (χ2v) is 6.67. The lowest BCUT2D eigenvalue weighted by Gasteiger charge is -2.19. The highest BCUT2D eigenvalue weighted by molar-refractivity contribution is 7.98. The van der Waals surface area contributed by atoms with Gasteiger partial charge in [0.15, 0.2) is 0 Å². The van der Waals surface area contributed by atoms with Crippen molar-refractivity contribution in [2.45, 2.75) is 18.2 Å². The molecule has 1 N–H and O–H groups in total. The summed E-state index contributed by atoms with van der Waals surface area (Å²) in [5, 5.41) is 2.88. The Morgan fingerprint density at radius 2 is 1.92 bits per heavy atom. The number of methoxy groups -OCH3 is 1. The number of carbonyl (C=O) groups excluding carboxylic acids is 2. The Morgan fingerprint density at radius 3 is 2.58 bits per heavy atom. The van der Waals surface area contributed by atoms with E-state index >= 15 is 0 Å². The standard InChI is InChI=1S/C20H24N2O3S/c1-5-14-8-6-7-9-17(14)21-19(23)13-22(2)20(24)16-11-10-15(26-4)12-18(16)25-3/h6-12H,5,13H2,1-4H3,(H,21,23). The van der Waals surface area contributed by atoms with E-state index in [1.54, 1.807) is 24.9 Å². The summed E-state index contributed by atoms with van der Waals surface area (Å²) in [6, 6.07) is 13.1. The van der Waals surface area contributed by atoms with Gasteiger partial charge in [-0.3, -0.25) is 9.59 Å². The number of nitrogens with zero attached hydrogens (tertiary/aromatic N) is 1. The molecule has 0 heterocycles. The molecule has 138 valence electrons. The second kappa shape index (κ2) is 9.29. The van der Waals surface area contributed by atoms with Crippen LogP contribution in [0.2, 0.25) is 0 Å². The minimum atomic E-state index is -0.256. The van der Waals surface area contributed by atoms with Gasteiger partial charge in [0.25, 0.3) is 5.91 Å². The highest BCUT2D eigenvalue weighted by Gasteiger charge is 2.19. The van der Waals surface area contributed by atoms with Crippen molar-refractivity contribution in [3.63, 3.8) is 0 Å². The van der Waals surface area contributed by atoms with E-state index in [4.69, 9.17) is 4.74 Å². The zero-order chi connectivity index (χ0) is 19.1. The molecule has 0 saturated carbocycles. The molecule has 0 unspecified atom stereocenters. The number of nitrogens with one attached hydrogen (secondary N) is 1. The first kappa shape index (κ1) is 19.8. The molecule has 2 rings (SSSR count). The molecule has 26 heavy (non-hydrogen) atoms. The zero-order valence-corrected chi connectivity index (χ0v) is 16.4. The zero-order valence-electron chi connectivity index (χ0n) is 15.5. The second-order valence-electron chi connectivity index (χ2n) is 5.79. The Balaban J connectivity index is 2.08. The van der Waals surface area contributed by atoms with Crippen molar-refractivity contribution >= 4 is 29.3 Å². The van der Waals surface area contributed by atoms with Crippen molar-refractivity contribution in [2.24, 2.45) is 0 Å². The lowest BCUT2D eigenvalue weighted by atomic mass is 10.1. The summed E-state index contributed by atoms with van der Waals surface area (Å²) in [6.07, 6.45) is 2.78. The number of thioether (sulfide) groups is 1. The average molecular weight is 372 g/mol. The molecule has 0 spiro atoms. The fraction of sp³-hybridized carbons (Fsp3) is 0.300. The maximum absolute atomic E-state index is 12.7. The summed E-state index contributed by atoms with van der Waals surface area (Å²) in [5.74, 6) is 0.0142. The van der Waals surface area contributed by atoms with Crippen LogP contribution in [0.4, 0.5) is 5.69 Å². The van der Waals surface area contributed by atoms with Crippen molar-refractivity contribution in [3.05, 3.63) is 53.6 Å². The van der Waals surface area contributed by atoms with Crippen LogP contribution in [-0.2, 0) is 11.2 Å². The molecule has 0 aliphatic carbocycles. The van der Waals surface area contributed by atoms with E-state index in [0.717, 1.165) is 22.6 Å². The van der Waals surface area contributed by atoms with E-state index in [1.807, 2.05) is 49.6 Å². The van der Waals surface area contributed by atoms with Gasteiger partial charge in [-0.25, -0.2) is 0 Å². The van der Waals surface area contributed by atoms with Crippen LogP contribution in [0.3, 0.4) is 0 Å². The molecule has 0 fully saturated rings. The molecular weight excluding hydrogens is 348 g/mol. The fourth-order valence-electron chi connectivity index (χ4n) is 2.61. The Bertz CT molecular complexity index is 792. The normalized spacial score (nSPS) is 10.3. The predicted octanol–water partition coefficient (Wildman–Crippen LogP) is 3.69. The highest BCUT2D eigenvalue weighted by Crippen LogP contribution is 2.26. The highest BCUT2D eigenvalue weighted by atomic mass is 32.2. The van der Waals surface area contributed by atoms with Crippen molar-refractivity contribution in [1.82, 2.24) is 4.90 Å². The summed E-state index contributed by atoms with van der Waals surface area (Å²) in [6.45, 7) is 2.00. The first-order valence-corrected chi connectivity index (χ1v) is 9.57. The van der Waals surface area contributed by atoms with Gasteiger partial charge in [0.2, 0.25) is 5.91 Å². The molecule has 2 aromatic rings. The van der Waals surface area contributed by atoms with E-state index in [1.165, 1.54) is 12.0 Å². The third kappa shape index (κ3) is 4.79. The Morgan fingerprint density at radius 1 is 1.19 bits per heavy atom. The van der Waals surface area contributed by atoms with Gasteiger partial charge in [0.1, 0.15) is 5.75 Å². The van der Waals surface area contributed by atoms with Crippen LogP contribution in [0.25, 0.3) is 0 Å². The maximum atomic E-state index is 12.7. The molecule has 5 nitrogen and oxygen atoms in total. The smallest absolute Gasteiger partial charge is 0.257 e. The average Bonchev–Trinajstić information content (AvgIpc) is 2.67. The Kier molecular flexibility index (Phi) is 7.09. The topological polar surface area (TPSA) is 58.6 Å². The SMILES string of the molecule is CCc1ccccc1NC(=O)CN(C)C(=O)c1ccc(SC)cc1OC. The summed E-state index contributed by atoms with van der Waals surface area (Å²) < 4.78 is 5.33. The number of anilines is 1. The van der Waals surface area contributed by atoms with Crippen LogP contribution in [0.15, 0.2) is 47.4 Å². The van der Waals surface area contributed by atoms with E-state index in [0.29, 0.717) is 11.3 Å². The summed E-state index contributed by atoms with van der Waals surface area (Å²) in [7, 11) is 3.14.